The normalized spacial score (nSPS) is 10.7. The maximum Gasteiger partial charge on any atom is 0.291 e. The first-order chi connectivity index (χ1) is 22.3. The largest absolute Gasteiger partial charge is 0.384 e. The Kier molecular flexibility index (Phi) is 8.14. The average molecular weight is 578 g/mol. The maximum atomic E-state index is 4.98. The average Bonchev–Trinajstić information content (AvgIpc) is 3.13. The summed E-state index contributed by atoms with van der Waals surface area (Å²) in [6.07, 6.45) is 0. The van der Waals surface area contributed by atoms with E-state index in [0.717, 1.165) is 56.3 Å². The number of anilines is 4. The van der Waals surface area contributed by atoms with Crippen molar-refractivity contribution in [1.29, 1.82) is 0 Å². The van der Waals surface area contributed by atoms with Crippen LogP contribution < -0.4 is 15.6 Å². The molecular weight excluding hydrogens is 547 g/mol. The molecule has 0 amide bonds. The Labute approximate surface area is 265 Å². The molecule has 0 unspecified atom stereocenters. The van der Waals surface area contributed by atoms with Crippen LogP contribution in [0.25, 0.3) is 33.9 Å². The first-order valence-electron chi connectivity index (χ1n) is 15.0. The highest BCUT2D eigenvalue weighted by molar-refractivity contribution is 6.59. The van der Waals surface area contributed by atoms with Crippen LogP contribution >= 0.6 is 0 Å². The molecule has 0 aliphatic rings. The van der Waals surface area contributed by atoms with Crippen LogP contribution in [0.5, 0.6) is 0 Å². The molecule has 213 valence electrons. The smallest absolute Gasteiger partial charge is 0.291 e. The quantitative estimate of drug-likeness (QED) is 0.174. The summed E-state index contributed by atoms with van der Waals surface area (Å²) in [5.74, 6) is 0.707. The van der Waals surface area contributed by atoms with Gasteiger partial charge in [-0.15, -0.1) is 0 Å². The van der Waals surface area contributed by atoms with E-state index in [2.05, 4.69) is 133 Å². The van der Waals surface area contributed by atoms with Gasteiger partial charge in [0, 0.05) is 28.1 Å². The fourth-order valence-electron chi connectivity index (χ4n) is 5.30. The van der Waals surface area contributed by atoms with Crippen molar-refractivity contribution in [3.05, 3.63) is 176 Å². The molecule has 4 nitrogen and oxygen atoms in total. The first-order valence-corrected chi connectivity index (χ1v) is 15.0. The van der Waals surface area contributed by atoms with Crippen LogP contribution in [0.2, 0.25) is 0 Å². The molecule has 0 atom stereocenters. The second-order valence-electron chi connectivity index (χ2n) is 10.7. The number of para-hydroxylation sites is 3. The molecule has 5 heteroatoms. The summed E-state index contributed by atoms with van der Waals surface area (Å²) in [4.78, 5) is 12.1. The molecule has 1 heterocycles. The second kappa shape index (κ2) is 13.1. The van der Waals surface area contributed by atoms with Gasteiger partial charge in [-0.2, -0.15) is 0 Å². The fraction of sp³-hybridized carbons (Fsp3) is 0. The van der Waals surface area contributed by atoms with Crippen LogP contribution in [0, 0.1) is 0 Å². The number of nitrogens with one attached hydrogen (secondary N) is 1. The Morgan fingerprint density at radius 3 is 1.62 bits per heavy atom. The van der Waals surface area contributed by atoms with Crippen LogP contribution in [0.15, 0.2) is 176 Å². The van der Waals surface area contributed by atoms with Crippen molar-refractivity contribution in [2.45, 2.75) is 0 Å². The number of nitrogens with zero attached hydrogens (tertiary/aromatic N) is 3. The molecule has 6 aromatic carbocycles. The third-order valence-corrected chi connectivity index (χ3v) is 7.56. The molecule has 1 N–H and O–H groups in total. The highest BCUT2D eigenvalue weighted by atomic mass is 15.1. The zero-order valence-corrected chi connectivity index (χ0v) is 24.7. The molecule has 0 fully saturated rings. The van der Waals surface area contributed by atoms with E-state index in [0.29, 0.717) is 5.82 Å². The van der Waals surface area contributed by atoms with Crippen molar-refractivity contribution in [2.75, 3.05) is 10.1 Å². The molecule has 0 bridgehead atoms. The highest BCUT2D eigenvalue weighted by Gasteiger charge is 2.16. The summed E-state index contributed by atoms with van der Waals surface area (Å²) in [5.41, 5.74) is 10.1. The highest BCUT2D eigenvalue weighted by Crippen LogP contribution is 2.34. The molecule has 0 aliphatic heterocycles. The van der Waals surface area contributed by atoms with E-state index in [1.54, 1.807) is 0 Å². The van der Waals surface area contributed by atoms with Crippen molar-refractivity contribution in [3.63, 3.8) is 0 Å². The lowest BCUT2D eigenvalue weighted by molar-refractivity contribution is 1.18. The minimum atomic E-state index is 0.707. The molecule has 1 aromatic heterocycles. The summed E-state index contributed by atoms with van der Waals surface area (Å²) in [6.45, 7) is 0. The summed E-state index contributed by atoms with van der Waals surface area (Å²) < 4.78 is 0. The zero-order valence-electron chi connectivity index (χ0n) is 24.7. The Balaban J connectivity index is 1.21. The van der Waals surface area contributed by atoms with E-state index in [9.17, 15) is 0 Å². The van der Waals surface area contributed by atoms with E-state index >= 15 is 0 Å². The van der Waals surface area contributed by atoms with Crippen molar-refractivity contribution >= 4 is 35.6 Å². The monoisotopic (exact) mass is 577 g/mol. The molecule has 0 saturated heterocycles. The lowest BCUT2D eigenvalue weighted by Gasteiger charge is -2.27. The van der Waals surface area contributed by atoms with Gasteiger partial charge in [0.25, 0.3) is 7.41 Å². The first kappa shape index (κ1) is 27.9. The van der Waals surface area contributed by atoms with Crippen LogP contribution in [-0.2, 0) is 0 Å². The molecular formula is C40H30BN4. The van der Waals surface area contributed by atoms with Gasteiger partial charge in [0.1, 0.15) is 0 Å². The zero-order chi connectivity index (χ0) is 30.3. The number of hydrogen-bond donors (Lipinski definition) is 1. The van der Waals surface area contributed by atoms with Crippen molar-refractivity contribution in [3.8, 4) is 33.9 Å². The molecule has 1 radical (unpaired) electrons. The topological polar surface area (TPSA) is 41.0 Å². The summed E-state index contributed by atoms with van der Waals surface area (Å²) in [5, 5.41) is 3.67. The van der Waals surface area contributed by atoms with E-state index in [1.807, 2.05) is 60.7 Å². The van der Waals surface area contributed by atoms with Crippen molar-refractivity contribution in [1.82, 2.24) is 9.97 Å². The van der Waals surface area contributed by atoms with Crippen LogP contribution in [0.4, 0.5) is 22.7 Å². The Bertz CT molecular complexity index is 1930. The minimum absolute atomic E-state index is 0.707. The fourth-order valence-corrected chi connectivity index (χ4v) is 5.30. The van der Waals surface area contributed by atoms with Gasteiger partial charge < -0.3 is 10.1 Å². The Morgan fingerprint density at radius 1 is 0.467 bits per heavy atom. The lowest BCUT2D eigenvalue weighted by Crippen LogP contribution is -2.32. The van der Waals surface area contributed by atoms with Gasteiger partial charge in [0.15, 0.2) is 5.82 Å². The standard InChI is InChI=1S/C40H30BN4/c1-5-15-30(16-6-1)37-29-38(44-40(43-37)32-17-7-2-8-18-32)31-25-27-34(28-26-31)42-36-23-13-14-24-39(36)45(35-21-11-4-12-22-35)41-33-19-9-3-10-20-33/h1-29,42H. The second-order valence-corrected chi connectivity index (χ2v) is 10.7. The van der Waals surface area contributed by atoms with Crippen molar-refractivity contribution < 1.29 is 0 Å². The van der Waals surface area contributed by atoms with Crippen LogP contribution in [0.3, 0.4) is 0 Å². The minimum Gasteiger partial charge on any atom is -0.384 e. The Hall–Kier alpha value is -5.94. The summed E-state index contributed by atoms with van der Waals surface area (Å²) in [6, 6.07) is 60.1. The van der Waals surface area contributed by atoms with Crippen LogP contribution in [0.1, 0.15) is 0 Å². The third-order valence-electron chi connectivity index (χ3n) is 7.56. The predicted molar refractivity (Wildman–Crippen MR) is 188 cm³/mol. The molecule has 45 heavy (non-hydrogen) atoms. The van der Waals surface area contributed by atoms with E-state index in [1.165, 1.54) is 0 Å². The maximum absolute atomic E-state index is 4.98. The van der Waals surface area contributed by atoms with E-state index in [4.69, 9.17) is 9.97 Å². The molecule has 0 spiro atoms. The van der Waals surface area contributed by atoms with Gasteiger partial charge in [-0.1, -0.05) is 139 Å². The number of aromatic nitrogens is 2. The SMILES string of the molecule is [B](c1ccccc1)N(c1ccccc1)c1ccccc1Nc1ccc(-c2cc(-c3ccccc3)nc(-c3ccccc3)n2)cc1. The molecule has 7 rings (SSSR count). The van der Waals surface area contributed by atoms with Gasteiger partial charge in [-0.3, -0.25) is 0 Å². The molecule has 0 aliphatic carbocycles. The van der Waals surface area contributed by atoms with E-state index < -0.39 is 0 Å². The third kappa shape index (κ3) is 6.53. The molecule has 7 aromatic rings. The molecule has 0 saturated carbocycles. The van der Waals surface area contributed by atoms with Gasteiger partial charge >= 0.3 is 0 Å². The summed E-state index contributed by atoms with van der Waals surface area (Å²) in [7, 11) is 2.17. The van der Waals surface area contributed by atoms with Gasteiger partial charge in [-0.05, 0) is 42.5 Å². The van der Waals surface area contributed by atoms with Gasteiger partial charge in [0.05, 0.1) is 22.8 Å². The number of benzene rings is 6. The van der Waals surface area contributed by atoms with Crippen LogP contribution in [-0.4, -0.2) is 17.4 Å². The number of rotatable bonds is 9. The lowest BCUT2D eigenvalue weighted by atomic mass is 9.79. The van der Waals surface area contributed by atoms with Gasteiger partial charge in [-0.25, -0.2) is 9.97 Å². The Morgan fingerprint density at radius 2 is 0.978 bits per heavy atom. The summed E-state index contributed by atoms with van der Waals surface area (Å²) >= 11 is 0. The van der Waals surface area contributed by atoms with Gasteiger partial charge in [0.2, 0.25) is 0 Å². The predicted octanol–water partition coefficient (Wildman–Crippen LogP) is 9.30. The van der Waals surface area contributed by atoms with Crippen molar-refractivity contribution in [2.24, 2.45) is 0 Å². The number of hydrogen-bond acceptors (Lipinski definition) is 4. The van der Waals surface area contributed by atoms with E-state index in [-0.39, 0.29) is 0 Å².